The van der Waals surface area contributed by atoms with Gasteiger partial charge in [-0.15, -0.1) is 0 Å². The number of hydrogen-bond acceptors (Lipinski definition) is 1. The van der Waals surface area contributed by atoms with E-state index in [4.69, 9.17) is 4.74 Å². The van der Waals surface area contributed by atoms with Gasteiger partial charge in [0.2, 0.25) is 0 Å². The number of halogens is 1. The van der Waals surface area contributed by atoms with Crippen molar-refractivity contribution >= 4 is 0 Å². The van der Waals surface area contributed by atoms with Crippen molar-refractivity contribution in [3.63, 3.8) is 0 Å². The minimum atomic E-state index is -0.133. The first-order valence-corrected chi connectivity index (χ1v) is 4.99. The fourth-order valence-electron chi connectivity index (χ4n) is 1.45. The largest absolute Gasteiger partial charge is 0.493 e. The number of benzene rings is 1. The summed E-state index contributed by atoms with van der Waals surface area (Å²) in [6.07, 6.45) is 0. The molecule has 1 rings (SSSR count). The molecule has 0 aliphatic carbocycles. The highest BCUT2D eigenvalue weighted by molar-refractivity contribution is 5.38. The lowest BCUT2D eigenvalue weighted by Crippen LogP contribution is -2.00. The highest BCUT2D eigenvalue weighted by Gasteiger charge is 2.12. The molecule has 0 heterocycles. The second-order valence-corrected chi connectivity index (χ2v) is 3.68. The molecule has 0 atom stereocenters. The van der Waals surface area contributed by atoms with Crippen molar-refractivity contribution in [3.05, 3.63) is 29.1 Å². The molecular formula is C12H17FO. The highest BCUT2D eigenvalue weighted by Crippen LogP contribution is 2.27. The standard InChI is InChI=1S/C12H17FO/c1-5-14-11-7-6-10(8(2)3)12(13)9(11)4/h6-8H,5H2,1-4H3. The summed E-state index contributed by atoms with van der Waals surface area (Å²) >= 11 is 0. The molecule has 0 aliphatic heterocycles. The van der Waals surface area contributed by atoms with E-state index in [0.29, 0.717) is 17.9 Å². The van der Waals surface area contributed by atoms with Gasteiger partial charge in [0.15, 0.2) is 0 Å². The Labute approximate surface area is 84.9 Å². The number of hydrogen-bond donors (Lipinski definition) is 0. The molecule has 0 saturated heterocycles. The molecule has 0 spiro atoms. The van der Waals surface area contributed by atoms with E-state index >= 15 is 0 Å². The average molecular weight is 196 g/mol. The van der Waals surface area contributed by atoms with Crippen LogP contribution in [0, 0.1) is 12.7 Å². The van der Waals surface area contributed by atoms with Gasteiger partial charge in [0, 0.05) is 5.56 Å². The predicted molar refractivity (Wildman–Crippen MR) is 56.4 cm³/mol. The summed E-state index contributed by atoms with van der Waals surface area (Å²) in [5, 5.41) is 0. The van der Waals surface area contributed by atoms with Crippen molar-refractivity contribution in [1.29, 1.82) is 0 Å². The average Bonchev–Trinajstić information content (AvgIpc) is 2.13. The van der Waals surface area contributed by atoms with Crippen molar-refractivity contribution < 1.29 is 9.13 Å². The summed E-state index contributed by atoms with van der Waals surface area (Å²) in [5.41, 5.74) is 1.36. The summed E-state index contributed by atoms with van der Waals surface area (Å²) in [5.74, 6) is 0.727. The van der Waals surface area contributed by atoms with Gasteiger partial charge in [0.1, 0.15) is 11.6 Å². The van der Waals surface area contributed by atoms with Gasteiger partial charge in [-0.25, -0.2) is 4.39 Å². The smallest absolute Gasteiger partial charge is 0.133 e. The third-order valence-corrected chi connectivity index (χ3v) is 2.29. The Morgan fingerprint density at radius 3 is 2.50 bits per heavy atom. The van der Waals surface area contributed by atoms with Crippen LogP contribution in [0.25, 0.3) is 0 Å². The van der Waals surface area contributed by atoms with Crippen LogP contribution in [0.15, 0.2) is 12.1 Å². The van der Waals surface area contributed by atoms with Crippen LogP contribution in [0.5, 0.6) is 5.75 Å². The molecule has 0 amide bonds. The third kappa shape index (κ3) is 2.06. The Bertz CT molecular complexity index is 318. The first-order valence-electron chi connectivity index (χ1n) is 4.99. The van der Waals surface area contributed by atoms with Gasteiger partial charge in [-0.05, 0) is 31.4 Å². The van der Waals surface area contributed by atoms with Gasteiger partial charge in [-0.3, -0.25) is 0 Å². The Hall–Kier alpha value is -1.05. The lowest BCUT2D eigenvalue weighted by molar-refractivity contribution is 0.335. The molecule has 1 aromatic rings. The quantitative estimate of drug-likeness (QED) is 0.717. The fourth-order valence-corrected chi connectivity index (χ4v) is 1.45. The molecular weight excluding hydrogens is 179 g/mol. The van der Waals surface area contributed by atoms with Crippen LogP contribution in [0.2, 0.25) is 0 Å². The van der Waals surface area contributed by atoms with E-state index in [1.807, 2.05) is 26.8 Å². The van der Waals surface area contributed by atoms with Gasteiger partial charge in [-0.1, -0.05) is 19.9 Å². The van der Waals surface area contributed by atoms with Crippen molar-refractivity contribution in [2.45, 2.75) is 33.6 Å². The van der Waals surface area contributed by atoms with Crippen LogP contribution < -0.4 is 4.74 Å². The summed E-state index contributed by atoms with van der Waals surface area (Å²) in [6, 6.07) is 3.65. The SMILES string of the molecule is CCOc1ccc(C(C)C)c(F)c1C. The number of rotatable bonds is 3. The molecule has 2 heteroatoms. The molecule has 0 unspecified atom stereocenters. The van der Waals surface area contributed by atoms with Gasteiger partial charge in [0.05, 0.1) is 6.61 Å². The Morgan fingerprint density at radius 2 is 2.00 bits per heavy atom. The lowest BCUT2D eigenvalue weighted by Gasteiger charge is -2.13. The van der Waals surface area contributed by atoms with E-state index in [2.05, 4.69) is 0 Å². The molecule has 78 valence electrons. The topological polar surface area (TPSA) is 9.23 Å². The van der Waals surface area contributed by atoms with Crippen LogP contribution >= 0.6 is 0 Å². The maximum atomic E-state index is 13.8. The van der Waals surface area contributed by atoms with Gasteiger partial charge in [-0.2, -0.15) is 0 Å². The molecule has 0 saturated carbocycles. The monoisotopic (exact) mass is 196 g/mol. The van der Waals surface area contributed by atoms with Crippen LogP contribution in [0.1, 0.15) is 37.8 Å². The second-order valence-electron chi connectivity index (χ2n) is 3.68. The van der Waals surface area contributed by atoms with Crippen LogP contribution in [0.4, 0.5) is 4.39 Å². The zero-order chi connectivity index (χ0) is 10.7. The van der Waals surface area contributed by atoms with Crippen LogP contribution in [-0.2, 0) is 0 Å². The van der Waals surface area contributed by atoms with Crippen molar-refractivity contribution in [2.75, 3.05) is 6.61 Å². The fraction of sp³-hybridized carbons (Fsp3) is 0.500. The van der Waals surface area contributed by atoms with Crippen molar-refractivity contribution in [1.82, 2.24) is 0 Å². The normalized spacial score (nSPS) is 10.7. The van der Waals surface area contributed by atoms with Crippen molar-refractivity contribution in [3.8, 4) is 5.75 Å². The van der Waals surface area contributed by atoms with Gasteiger partial charge in [0.25, 0.3) is 0 Å². The maximum absolute atomic E-state index is 13.8. The summed E-state index contributed by atoms with van der Waals surface area (Å²) in [6.45, 7) is 8.19. The molecule has 0 aliphatic rings. The van der Waals surface area contributed by atoms with E-state index in [-0.39, 0.29) is 11.7 Å². The third-order valence-electron chi connectivity index (χ3n) is 2.29. The maximum Gasteiger partial charge on any atom is 0.133 e. The molecule has 0 fully saturated rings. The molecule has 0 radical (unpaired) electrons. The Balaban J connectivity index is 3.12. The lowest BCUT2D eigenvalue weighted by atomic mass is 10.00. The van der Waals surface area contributed by atoms with E-state index in [1.54, 1.807) is 13.0 Å². The molecule has 0 N–H and O–H groups in total. The highest BCUT2D eigenvalue weighted by atomic mass is 19.1. The molecule has 1 nitrogen and oxygen atoms in total. The van der Waals surface area contributed by atoms with Gasteiger partial charge >= 0.3 is 0 Å². The Morgan fingerprint density at radius 1 is 1.36 bits per heavy atom. The van der Waals surface area contributed by atoms with E-state index in [1.165, 1.54) is 0 Å². The van der Waals surface area contributed by atoms with Gasteiger partial charge < -0.3 is 4.74 Å². The minimum absolute atomic E-state index is 0.133. The summed E-state index contributed by atoms with van der Waals surface area (Å²) in [4.78, 5) is 0. The van der Waals surface area contributed by atoms with E-state index in [0.717, 1.165) is 5.56 Å². The van der Waals surface area contributed by atoms with Crippen LogP contribution in [-0.4, -0.2) is 6.61 Å². The first kappa shape index (κ1) is 11.0. The predicted octanol–water partition coefficient (Wildman–Crippen LogP) is 3.66. The number of ether oxygens (including phenoxy) is 1. The van der Waals surface area contributed by atoms with Crippen LogP contribution in [0.3, 0.4) is 0 Å². The Kier molecular flexibility index (Phi) is 3.50. The van der Waals surface area contributed by atoms with E-state index < -0.39 is 0 Å². The second kappa shape index (κ2) is 4.45. The summed E-state index contributed by atoms with van der Waals surface area (Å²) in [7, 11) is 0. The zero-order valence-corrected chi connectivity index (χ0v) is 9.23. The van der Waals surface area contributed by atoms with Crippen molar-refractivity contribution in [2.24, 2.45) is 0 Å². The molecule has 14 heavy (non-hydrogen) atoms. The zero-order valence-electron chi connectivity index (χ0n) is 9.23. The minimum Gasteiger partial charge on any atom is -0.493 e. The first-order chi connectivity index (χ1) is 6.57. The molecule has 0 aromatic heterocycles. The van der Waals surface area contributed by atoms with E-state index in [9.17, 15) is 4.39 Å². The summed E-state index contributed by atoms with van der Waals surface area (Å²) < 4.78 is 19.1. The molecule has 1 aromatic carbocycles. The molecule has 0 bridgehead atoms.